The Bertz CT molecular complexity index is 709. The van der Waals surface area contributed by atoms with Crippen LogP contribution in [0.25, 0.3) is 16.7 Å². The minimum atomic E-state index is 0.666. The lowest BCUT2D eigenvalue weighted by Crippen LogP contribution is -2.07. The molecule has 0 spiro atoms. The molecule has 0 aliphatic carbocycles. The molecule has 3 rings (SSSR count). The molecule has 2 aromatic rings. The summed E-state index contributed by atoms with van der Waals surface area (Å²) >= 11 is 6.14. The predicted octanol–water partition coefficient (Wildman–Crippen LogP) is 3.87. The van der Waals surface area contributed by atoms with Crippen LogP contribution in [0.4, 0.5) is 0 Å². The molecule has 0 unspecified atom stereocenters. The molecular formula is C17H13ClN2. The van der Waals surface area contributed by atoms with Crippen LogP contribution >= 0.6 is 11.6 Å². The van der Waals surface area contributed by atoms with Crippen LogP contribution in [0.5, 0.6) is 0 Å². The van der Waals surface area contributed by atoms with Crippen LogP contribution < -0.4 is 5.32 Å². The van der Waals surface area contributed by atoms with Crippen molar-refractivity contribution >= 4 is 17.2 Å². The predicted molar refractivity (Wildman–Crippen MR) is 82.4 cm³/mol. The SMILES string of the molecule is N#Cc1ccc(-c2cc(Cl)ccc2C2=CCNC2)cc1. The highest BCUT2D eigenvalue weighted by Crippen LogP contribution is 2.32. The van der Waals surface area contributed by atoms with Gasteiger partial charge in [-0.05, 0) is 46.5 Å². The van der Waals surface area contributed by atoms with Gasteiger partial charge in [0.05, 0.1) is 11.6 Å². The zero-order chi connectivity index (χ0) is 13.9. The number of benzene rings is 2. The van der Waals surface area contributed by atoms with E-state index in [9.17, 15) is 0 Å². The molecule has 1 heterocycles. The second-order valence-electron chi connectivity index (χ2n) is 4.74. The third-order valence-corrected chi connectivity index (χ3v) is 3.70. The van der Waals surface area contributed by atoms with Gasteiger partial charge in [-0.25, -0.2) is 0 Å². The second kappa shape index (κ2) is 5.50. The molecule has 1 aliphatic rings. The number of nitriles is 1. The summed E-state index contributed by atoms with van der Waals surface area (Å²) in [5.74, 6) is 0. The van der Waals surface area contributed by atoms with E-state index >= 15 is 0 Å². The highest BCUT2D eigenvalue weighted by molar-refractivity contribution is 6.31. The Morgan fingerprint density at radius 2 is 1.85 bits per heavy atom. The zero-order valence-corrected chi connectivity index (χ0v) is 11.6. The molecule has 0 bridgehead atoms. The Balaban J connectivity index is 2.11. The molecule has 0 aromatic heterocycles. The van der Waals surface area contributed by atoms with Crippen LogP contribution in [0.3, 0.4) is 0 Å². The summed E-state index contributed by atoms with van der Waals surface area (Å²) < 4.78 is 0. The first-order valence-corrected chi connectivity index (χ1v) is 6.86. The Kier molecular flexibility index (Phi) is 3.56. The highest BCUT2D eigenvalue weighted by Gasteiger charge is 2.13. The van der Waals surface area contributed by atoms with E-state index in [1.54, 1.807) is 0 Å². The van der Waals surface area contributed by atoms with E-state index in [1.165, 1.54) is 11.1 Å². The summed E-state index contributed by atoms with van der Waals surface area (Å²) in [7, 11) is 0. The average Bonchev–Trinajstić information content (AvgIpc) is 3.01. The molecule has 0 atom stereocenters. The van der Waals surface area contributed by atoms with Crippen LogP contribution in [0, 0.1) is 11.3 Å². The van der Waals surface area contributed by atoms with Gasteiger partial charge in [-0.3, -0.25) is 0 Å². The molecule has 0 amide bonds. The molecule has 2 nitrogen and oxygen atoms in total. The fourth-order valence-corrected chi connectivity index (χ4v) is 2.61. The molecule has 0 saturated carbocycles. The second-order valence-corrected chi connectivity index (χ2v) is 5.18. The maximum absolute atomic E-state index is 8.88. The summed E-state index contributed by atoms with van der Waals surface area (Å²) in [5.41, 5.74) is 5.34. The number of hydrogen-bond acceptors (Lipinski definition) is 2. The first-order valence-electron chi connectivity index (χ1n) is 6.48. The van der Waals surface area contributed by atoms with E-state index in [-0.39, 0.29) is 0 Å². The summed E-state index contributed by atoms with van der Waals surface area (Å²) in [6, 6.07) is 15.7. The van der Waals surface area contributed by atoms with Crippen molar-refractivity contribution in [3.8, 4) is 17.2 Å². The molecule has 0 fully saturated rings. The monoisotopic (exact) mass is 280 g/mol. The number of nitrogens with zero attached hydrogens (tertiary/aromatic N) is 1. The van der Waals surface area contributed by atoms with Gasteiger partial charge in [0, 0.05) is 18.1 Å². The molecular weight excluding hydrogens is 268 g/mol. The first-order chi connectivity index (χ1) is 9.78. The molecule has 0 radical (unpaired) electrons. The standard InChI is InChI=1S/C17H13ClN2/c18-15-5-6-16(14-7-8-20-11-14)17(9-15)13-3-1-12(10-19)2-4-13/h1-7,9,20H,8,11H2. The summed E-state index contributed by atoms with van der Waals surface area (Å²) in [4.78, 5) is 0. The molecule has 1 N–H and O–H groups in total. The van der Waals surface area contributed by atoms with E-state index in [0.29, 0.717) is 5.56 Å². The Morgan fingerprint density at radius 1 is 1.05 bits per heavy atom. The lowest BCUT2D eigenvalue weighted by Gasteiger charge is -2.11. The van der Waals surface area contributed by atoms with Crippen molar-refractivity contribution in [1.29, 1.82) is 5.26 Å². The van der Waals surface area contributed by atoms with Gasteiger partial charge in [-0.15, -0.1) is 0 Å². The summed E-state index contributed by atoms with van der Waals surface area (Å²) in [6.45, 7) is 1.79. The van der Waals surface area contributed by atoms with Crippen LogP contribution in [0.15, 0.2) is 48.5 Å². The van der Waals surface area contributed by atoms with Crippen LogP contribution in [-0.2, 0) is 0 Å². The van der Waals surface area contributed by atoms with E-state index in [0.717, 1.165) is 29.2 Å². The van der Waals surface area contributed by atoms with Gasteiger partial charge in [-0.1, -0.05) is 35.9 Å². The van der Waals surface area contributed by atoms with Crippen molar-refractivity contribution in [2.75, 3.05) is 13.1 Å². The van der Waals surface area contributed by atoms with Gasteiger partial charge in [-0.2, -0.15) is 5.26 Å². The third kappa shape index (κ3) is 2.46. The molecule has 3 heteroatoms. The van der Waals surface area contributed by atoms with Gasteiger partial charge in [0.1, 0.15) is 0 Å². The van der Waals surface area contributed by atoms with Crippen molar-refractivity contribution < 1.29 is 0 Å². The van der Waals surface area contributed by atoms with Crippen molar-refractivity contribution in [2.45, 2.75) is 0 Å². The van der Waals surface area contributed by atoms with Crippen LogP contribution in [0.2, 0.25) is 5.02 Å². The maximum atomic E-state index is 8.88. The normalized spacial score (nSPS) is 13.9. The minimum absolute atomic E-state index is 0.666. The van der Waals surface area contributed by atoms with Crippen molar-refractivity contribution in [3.05, 3.63) is 64.7 Å². The van der Waals surface area contributed by atoms with E-state index in [4.69, 9.17) is 16.9 Å². The van der Waals surface area contributed by atoms with Gasteiger partial charge in [0.15, 0.2) is 0 Å². The number of hydrogen-bond donors (Lipinski definition) is 1. The molecule has 2 aromatic carbocycles. The fraction of sp³-hybridized carbons (Fsp3) is 0.118. The topological polar surface area (TPSA) is 35.8 Å². The minimum Gasteiger partial charge on any atom is -0.309 e. The highest BCUT2D eigenvalue weighted by atomic mass is 35.5. The number of rotatable bonds is 2. The van der Waals surface area contributed by atoms with Crippen molar-refractivity contribution in [1.82, 2.24) is 5.32 Å². The van der Waals surface area contributed by atoms with E-state index < -0.39 is 0 Å². The Hall–Kier alpha value is -2.08. The van der Waals surface area contributed by atoms with Gasteiger partial charge in [0.2, 0.25) is 0 Å². The van der Waals surface area contributed by atoms with Gasteiger partial charge in [0.25, 0.3) is 0 Å². The van der Waals surface area contributed by atoms with E-state index in [2.05, 4.69) is 23.5 Å². The van der Waals surface area contributed by atoms with Crippen LogP contribution in [0.1, 0.15) is 11.1 Å². The Labute approximate surface area is 123 Å². The third-order valence-electron chi connectivity index (χ3n) is 3.46. The van der Waals surface area contributed by atoms with E-state index in [1.807, 2.05) is 36.4 Å². The Morgan fingerprint density at radius 3 is 2.50 bits per heavy atom. The van der Waals surface area contributed by atoms with Crippen molar-refractivity contribution in [3.63, 3.8) is 0 Å². The summed E-state index contributed by atoms with van der Waals surface area (Å²) in [5, 5.41) is 12.9. The molecule has 1 aliphatic heterocycles. The average molecular weight is 281 g/mol. The molecule has 98 valence electrons. The molecule has 0 saturated heterocycles. The quantitative estimate of drug-likeness (QED) is 0.906. The maximum Gasteiger partial charge on any atom is 0.0991 e. The largest absolute Gasteiger partial charge is 0.309 e. The van der Waals surface area contributed by atoms with Crippen LogP contribution in [-0.4, -0.2) is 13.1 Å². The summed E-state index contributed by atoms with van der Waals surface area (Å²) in [6.07, 6.45) is 2.20. The zero-order valence-electron chi connectivity index (χ0n) is 10.9. The number of nitrogens with one attached hydrogen (secondary N) is 1. The van der Waals surface area contributed by atoms with Crippen molar-refractivity contribution in [2.24, 2.45) is 0 Å². The lowest BCUT2D eigenvalue weighted by atomic mass is 9.94. The smallest absolute Gasteiger partial charge is 0.0991 e. The van der Waals surface area contributed by atoms with Gasteiger partial charge < -0.3 is 5.32 Å². The number of halogens is 1. The first kappa shape index (κ1) is 12.9. The molecule has 20 heavy (non-hydrogen) atoms. The van der Waals surface area contributed by atoms with Gasteiger partial charge >= 0.3 is 0 Å². The fourth-order valence-electron chi connectivity index (χ4n) is 2.44. The lowest BCUT2D eigenvalue weighted by molar-refractivity contribution is 0.897.